The lowest BCUT2D eigenvalue weighted by molar-refractivity contribution is -0.359. The summed E-state index contributed by atoms with van der Waals surface area (Å²) in [5, 5.41) is 0. The first-order chi connectivity index (χ1) is 16.5. The molecule has 0 unspecified atom stereocenters. The normalized spacial score (nSPS) is 39.1. The van der Waals surface area contributed by atoms with Crippen LogP contribution >= 0.6 is 0 Å². The molecular weight excluding hydrogens is 468 g/mol. The van der Waals surface area contributed by atoms with Crippen molar-refractivity contribution < 1.29 is 57.1 Å². The fourth-order valence-corrected chi connectivity index (χ4v) is 5.21. The molecule has 2 aliphatic heterocycles. The van der Waals surface area contributed by atoms with E-state index in [1.165, 1.54) is 6.92 Å². The molecule has 5 rings (SSSR count). The molecule has 9 atom stereocenters. The zero-order chi connectivity index (χ0) is 25.5. The largest absolute Gasteiger partial charge is 0.463 e. The number of hydrogen-bond acceptors (Lipinski definition) is 12. The van der Waals surface area contributed by atoms with Crippen LogP contribution in [0.25, 0.3) is 0 Å². The first kappa shape index (κ1) is 25.3. The molecule has 4 bridgehead atoms. The predicted octanol–water partition coefficient (Wildman–Crippen LogP) is 0.204. The molecule has 2 heterocycles. The van der Waals surface area contributed by atoms with Crippen LogP contribution in [0.15, 0.2) is 12.2 Å². The monoisotopic (exact) mass is 496 g/mol. The smallest absolute Gasteiger partial charge is 0.303 e. The van der Waals surface area contributed by atoms with Crippen LogP contribution in [0.5, 0.6) is 0 Å². The highest BCUT2D eigenvalue weighted by Crippen LogP contribution is 2.53. The van der Waals surface area contributed by atoms with Crippen molar-refractivity contribution >= 4 is 29.7 Å². The van der Waals surface area contributed by atoms with Crippen molar-refractivity contribution in [3.8, 4) is 0 Å². The van der Waals surface area contributed by atoms with E-state index in [1.807, 2.05) is 12.2 Å². The standard InChI is InChI=1S/C23H28O12/c1-10(24)29-9-17-18(31-11(2)25)19(32-12(3)26)20(33-13(4)27)22(34-17)35-23-16-6-5-14(21(23)28)7-15(16)8-30-23/h5-6,14-20,22H,7-9H2,1-4H3/t14-,15+,16+,17+,18+,19-,20+,22-,23-/m0/s1. The van der Waals surface area contributed by atoms with Crippen LogP contribution in [0.3, 0.4) is 0 Å². The number of carbonyl (C=O) groups excluding carboxylic acids is 5. The molecule has 0 N–H and O–H groups in total. The minimum Gasteiger partial charge on any atom is -0.463 e. The maximum Gasteiger partial charge on any atom is 0.303 e. The number of hydrogen-bond donors (Lipinski definition) is 0. The molecule has 12 nitrogen and oxygen atoms in total. The maximum absolute atomic E-state index is 13.2. The Bertz CT molecular complexity index is 943. The highest BCUT2D eigenvalue weighted by molar-refractivity contribution is 5.92. The Labute approximate surface area is 201 Å². The van der Waals surface area contributed by atoms with Gasteiger partial charge in [-0.25, -0.2) is 0 Å². The second-order valence-corrected chi connectivity index (χ2v) is 9.04. The lowest BCUT2D eigenvalue weighted by Gasteiger charge is -2.48. The molecule has 2 saturated heterocycles. The molecule has 0 aromatic carbocycles. The van der Waals surface area contributed by atoms with Crippen LogP contribution in [0, 0.1) is 17.8 Å². The van der Waals surface area contributed by atoms with Gasteiger partial charge in [0, 0.05) is 39.5 Å². The third kappa shape index (κ3) is 4.82. The van der Waals surface area contributed by atoms with Gasteiger partial charge in [-0.15, -0.1) is 0 Å². The molecule has 5 aliphatic rings. The minimum atomic E-state index is -1.67. The van der Waals surface area contributed by atoms with Crippen LogP contribution in [-0.2, 0) is 57.1 Å². The van der Waals surface area contributed by atoms with Gasteiger partial charge in [-0.3, -0.25) is 24.0 Å². The number of ether oxygens (including phenoxy) is 7. The van der Waals surface area contributed by atoms with Gasteiger partial charge in [-0.1, -0.05) is 12.2 Å². The molecule has 0 aromatic heterocycles. The topological polar surface area (TPSA) is 150 Å². The number of esters is 4. The van der Waals surface area contributed by atoms with E-state index in [4.69, 9.17) is 33.2 Å². The summed E-state index contributed by atoms with van der Waals surface area (Å²) in [6, 6.07) is 0. The van der Waals surface area contributed by atoms with E-state index in [1.54, 1.807) is 0 Å². The summed E-state index contributed by atoms with van der Waals surface area (Å²) >= 11 is 0. The van der Waals surface area contributed by atoms with Crippen LogP contribution in [0.4, 0.5) is 0 Å². The number of allylic oxidation sites excluding steroid dienone is 1. The summed E-state index contributed by atoms with van der Waals surface area (Å²) in [6.07, 6.45) is -2.44. The zero-order valence-corrected chi connectivity index (χ0v) is 19.8. The molecular formula is C23H28O12. The predicted molar refractivity (Wildman–Crippen MR) is 111 cm³/mol. The third-order valence-corrected chi connectivity index (χ3v) is 6.49. The Kier molecular flexibility index (Phi) is 6.98. The minimum absolute atomic E-state index is 0.0633. The van der Waals surface area contributed by atoms with Gasteiger partial charge in [-0.2, -0.15) is 0 Å². The van der Waals surface area contributed by atoms with Gasteiger partial charge in [0.2, 0.25) is 12.1 Å². The van der Waals surface area contributed by atoms with Crippen molar-refractivity contribution in [2.45, 2.75) is 70.6 Å². The highest BCUT2D eigenvalue weighted by Gasteiger charge is 2.65. The van der Waals surface area contributed by atoms with Crippen molar-refractivity contribution in [1.29, 1.82) is 0 Å². The van der Waals surface area contributed by atoms with E-state index < -0.39 is 72.9 Å². The summed E-state index contributed by atoms with van der Waals surface area (Å²) in [5.41, 5.74) is 0. The van der Waals surface area contributed by atoms with E-state index in [-0.39, 0.29) is 17.6 Å². The van der Waals surface area contributed by atoms with Gasteiger partial charge in [0.1, 0.15) is 12.7 Å². The Hall–Kier alpha value is -2.83. The Morgan fingerprint density at radius 2 is 1.54 bits per heavy atom. The van der Waals surface area contributed by atoms with Crippen molar-refractivity contribution in [1.82, 2.24) is 0 Å². The van der Waals surface area contributed by atoms with Crippen molar-refractivity contribution in [2.75, 3.05) is 13.2 Å². The average Bonchev–Trinajstić information content (AvgIpc) is 3.08. The van der Waals surface area contributed by atoms with Gasteiger partial charge in [0.05, 0.1) is 6.61 Å². The van der Waals surface area contributed by atoms with E-state index >= 15 is 0 Å². The zero-order valence-electron chi connectivity index (χ0n) is 19.8. The SMILES string of the molecule is CC(=O)OC[C@H]1O[C@@H](O[C@@]23OC[C@H]4C[C@H](C=C[C@H]42)C3=O)[C@H](OC(C)=O)[C@@H](OC(C)=O)[C@@H]1OC(C)=O. The Morgan fingerprint density at radius 3 is 2.17 bits per heavy atom. The van der Waals surface area contributed by atoms with E-state index in [9.17, 15) is 24.0 Å². The third-order valence-electron chi connectivity index (χ3n) is 6.49. The summed E-state index contributed by atoms with van der Waals surface area (Å²) in [5.74, 6) is -5.57. The number of carbonyl (C=O) groups is 5. The molecule has 3 fully saturated rings. The van der Waals surface area contributed by atoms with Crippen LogP contribution in [-0.4, -0.2) is 79.4 Å². The summed E-state index contributed by atoms with van der Waals surface area (Å²) in [6.45, 7) is 4.46. The second-order valence-electron chi connectivity index (χ2n) is 9.04. The van der Waals surface area contributed by atoms with Gasteiger partial charge < -0.3 is 33.2 Å². The summed E-state index contributed by atoms with van der Waals surface area (Å²) < 4.78 is 39.3. The van der Waals surface area contributed by atoms with Gasteiger partial charge >= 0.3 is 23.9 Å². The van der Waals surface area contributed by atoms with Crippen molar-refractivity contribution in [3.63, 3.8) is 0 Å². The molecule has 35 heavy (non-hydrogen) atoms. The first-order valence-electron chi connectivity index (χ1n) is 11.4. The fourth-order valence-electron chi connectivity index (χ4n) is 5.21. The molecule has 0 spiro atoms. The second kappa shape index (κ2) is 9.67. The number of Topliss-reactive ketones (excluding diaryl/α,β-unsaturated/α-hetero) is 1. The average molecular weight is 496 g/mol. The fraction of sp³-hybridized carbons (Fsp3) is 0.696. The van der Waals surface area contributed by atoms with Crippen LogP contribution < -0.4 is 0 Å². The number of rotatable bonds is 7. The van der Waals surface area contributed by atoms with Crippen molar-refractivity contribution in [3.05, 3.63) is 12.2 Å². The molecule has 192 valence electrons. The Balaban J connectivity index is 1.70. The Morgan fingerprint density at radius 1 is 0.914 bits per heavy atom. The van der Waals surface area contributed by atoms with Crippen LogP contribution in [0.1, 0.15) is 34.1 Å². The maximum atomic E-state index is 13.2. The molecule has 0 aromatic rings. The van der Waals surface area contributed by atoms with E-state index in [2.05, 4.69) is 0 Å². The first-order valence-corrected chi connectivity index (χ1v) is 11.4. The highest BCUT2D eigenvalue weighted by atomic mass is 16.8. The summed E-state index contributed by atoms with van der Waals surface area (Å²) in [4.78, 5) is 60.5. The van der Waals surface area contributed by atoms with Gasteiger partial charge in [0.15, 0.2) is 24.1 Å². The lowest BCUT2D eigenvalue weighted by atomic mass is 9.67. The van der Waals surface area contributed by atoms with E-state index in [0.717, 1.165) is 20.8 Å². The van der Waals surface area contributed by atoms with Crippen molar-refractivity contribution in [2.24, 2.45) is 17.8 Å². The number of ketones is 1. The lowest BCUT2D eigenvalue weighted by Crippen LogP contribution is -2.66. The molecule has 12 heteroatoms. The molecule has 3 aliphatic carbocycles. The van der Waals surface area contributed by atoms with Gasteiger partial charge in [0.25, 0.3) is 0 Å². The molecule has 1 saturated carbocycles. The van der Waals surface area contributed by atoms with E-state index in [0.29, 0.717) is 13.0 Å². The van der Waals surface area contributed by atoms with Crippen LogP contribution in [0.2, 0.25) is 0 Å². The molecule has 0 amide bonds. The van der Waals surface area contributed by atoms with Gasteiger partial charge in [-0.05, 0) is 12.3 Å². The molecule has 0 radical (unpaired) electrons. The quantitative estimate of drug-likeness (QED) is 0.269. The summed E-state index contributed by atoms with van der Waals surface area (Å²) in [7, 11) is 0.